The molecule has 0 bridgehead atoms. The van der Waals surface area contributed by atoms with E-state index in [1.807, 2.05) is 12.1 Å². The average molecular weight is 296 g/mol. The summed E-state index contributed by atoms with van der Waals surface area (Å²) in [6.45, 7) is 6.35. The molecule has 0 unspecified atom stereocenters. The Balaban J connectivity index is 2.22. The molecule has 2 aromatic rings. The van der Waals surface area contributed by atoms with Crippen molar-refractivity contribution in [2.24, 2.45) is 0 Å². The number of fused-ring (bicyclic) bond motifs is 1. The molecule has 0 aliphatic carbocycles. The van der Waals surface area contributed by atoms with E-state index in [1.54, 1.807) is 18.2 Å². The van der Waals surface area contributed by atoms with Crippen molar-refractivity contribution < 1.29 is 10.2 Å². The topological polar surface area (TPSA) is 40.5 Å². The Morgan fingerprint density at radius 2 is 1.68 bits per heavy atom. The predicted octanol–water partition coefficient (Wildman–Crippen LogP) is 5.49. The van der Waals surface area contributed by atoms with Gasteiger partial charge < -0.3 is 10.2 Å². The molecule has 2 heteroatoms. The monoisotopic (exact) mass is 296 g/mol. The molecule has 0 fully saturated rings. The van der Waals surface area contributed by atoms with Gasteiger partial charge in [-0.15, -0.1) is 0 Å². The summed E-state index contributed by atoms with van der Waals surface area (Å²) < 4.78 is 0. The van der Waals surface area contributed by atoms with Gasteiger partial charge in [0.15, 0.2) is 0 Å². The van der Waals surface area contributed by atoms with Crippen molar-refractivity contribution in [2.75, 3.05) is 0 Å². The van der Waals surface area contributed by atoms with Crippen molar-refractivity contribution >= 4 is 10.8 Å². The highest BCUT2D eigenvalue weighted by molar-refractivity contribution is 5.92. The van der Waals surface area contributed by atoms with E-state index in [1.165, 1.54) is 11.1 Å². The number of hydrogen-bond donors (Lipinski definition) is 2. The third-order valence-corrected chi connectivity index (χ3v) is 3.87. The molecule has 0 aliphatic rings. The Kier molecular flexibility index (Phi) is 5.26. The van der Waals surface area contributed by atoms with Crippen LogP contribution in [0, 0.1) is 0 Å². The molecule has 2 rings (SSSR count). The molecule has 2 nitrogen and oxygen atoms in total. The summed E-state index contributed by atoms with van der Waals surface area (Å²) in [5, 5.41) is 21.8. The minimum Gasteiger partial charge on any atom is -0.508 e. The zero-order valence-corrected chi connectivity index (χ0v) is 13.6. The molecule has 0 amide bonds. The van der Waals surface area contributed by atoms with Gasteiger partial charge in [-0.1, -0.05) is 35.4 Å². The summed E-state index contributed by atoms with van der Waals surface area (Å²) >= 11 is 0. The van der Waals surface area contributed by atoms with E-state index in [0.717, 1.165) is 29.2 Å². The molecule has 0 atom stereocenters. The van der Waals surface area contributed by atoms with Crippen molar-refractivity contribution in [1.29, 1.82) is 0 Å². The normalized spacial score (nSPS) is 11.7. The fourth-order valence-electron chi connectivity index (χ4n) is 2.57. The van der Waals surface area contributed by atoms with Crippen LogP contribution in [0.1, 0.15) is 39.2 Å². The van der Waals surface area contributed by atoms with Gasteiger partial charge in [0.25, 0.3) is 0 Å². The first-order valence-corrected chi connectivity index (χ1v) is 7.70. The van der Waals surface area contributed by atoms with E-state index in [0.29, 0.717) is 6.42 Å². The summed E-state index contributed by atoms with van der Waals surface area (Å²) in [6.07, 6.45) is 7.16. The van der Waals surface area contributed by atoms with Gasteiger partial charge in [0.2, 0.25) is 0 Å². The third-order valence-electron chi connectivity index (χ3n) is 3.87. The molecule has 0 saturated heterocycles. The van der Waals surface area contributed by atoms with E-state index in [4.69, 9.17) is 0 Å². The SMILES string of the molecule is CC(C)=CCC/C(C)=C/Cc1c(O)ccc2c(O)cccc12. The fraction of sp³-hybridized carbons (Fsp3) is 0.300. The molecule has 0 saturated carbocycles. The second-order valence-corrected chi connectivity index (χ2v) is 6.01. The highest BCUT2D eigenvalue weighted by atomic mass is 16.3. The van der Waals surface area contributed by atoms with Crippen LogP contribution < -0.4 is 0 Å². The summed E-state index contributed by atoms with van der Waals surface area (Å²) in [5.74, 6) is 0.537. The molecule has 0 heterocycles. The number of phenolic OH excluding ortho intramolecular Hbond substituents is 2. The molecule has 0 radical (unpaired) electrons. The first-order valence-electron chi connectivity index (χ1n) is 7.70. The Labute approximate surface area is 132 Å². The zero-order valence-electron chi connectivity index (χ0n) is 13.6. The largest absolute Gasteiger partial charge is 0.508 e. The summed E-state index contributed by atoms with van der Waals surface area (Å²) in [4.78, 5) is 0. The Morgan fingerprint density at radius 1 is 0.909 bits per heavy atom. The predicted molar refractivity (Wildman–Crippen MR) is 93.4 cm³/mol. The van der Waals surface area contributed by atoms with Gasteiger partial charge in [-0.05, 0) is 63.6 Å². The highest BCUT2D eigenvalue weighted by Gasteiger charge is 2.08. The maximum Gasteiger partial charge on any atom is 0.123 e. The highest BCUT2D eigenvalue weighted by Crippen LogP contribution is 2.32. The van der Waals surface area contributed by atoms with Crippen molar-refractivity contribution in [3.63, 3.8) is 0 Å². The van der Waals surface area contributed by atoms with Gasteiger partial charge in [-0.25, -0.2) is 0 Å². The van der Waals surface area contributed by atoms with Gasteiger partial charge in [-0.3, -0.25) is 0 Å². The summed E-state index contributed by atoms with van der Waals surface area (Å²) in [6, 6.07) is 8.84. The zero-order chi connectivity index (χ0) is 16.1. The van der Waals surface area contributed by atoms with Gasteiger partial charge in [0.05, 0.1) is 0 Å². The first kappa shape index (κ1) is 16.2. The molecule has 116 valence electrons. The van der Waals surface area contributed by atoms with Crippen molar-refractivity contribution in [2.45, 2.75) is 40.0 Å². The maximum absolute atomic E-state index is 10.1. The van der Waals surface area contributed by atoms with Crippen LogP contribution in [0.3, 0.4) is 0 Å². The molecule has 0 spiro atoms. The van der Waals surface area contributed by atoms with Gasteiger partial charge in [0.1, 0.15) is 11.5 Å². The van der Waals surface area contributed by atoms with Crippen LogP contribution in [0.5, 0.6) is 11.5 Å². The van der Waals surface area contributed by atoms with E-state index < -0.39 is 0 Å². The Morgan fingerprint density at radius 3 is 2.41 bits per heavy atom. The minimum atomic E-state index is 0.253. The number of aromatic hydroxyl groups is 2. The van der Waals surface area contributed by atoms with Crippen molar-refractivity contribution in [3.05, 3.63) is 59.2 Å². The smallest absolute Gasteiger partial charge is 0.123 e. The van der Waals surface area contributed by atoms with E-state index in [9.17, 15) is 10.2 Å². The van der Waals surface area contributed by atoms with Crippen LogP contribution in [0.2, 0.25) is 0 Å². The standard InChI is InChI=1S/C20H24O2/c1-14(2)6-4-7-15(3)10-11-17-16-8-5-9-19(21)18(16)12-13-20(17)22/h5-6,8-10,12-13,21-22H,4,7,11H2,1-3H3/b15-10+. The molecule has 0 aromatic heterocycles. The number of rotatable bonds is 5. The minimum absolute atomic E-state index is 0.253. The fourth-order valence-corrected chi connectivity index (χ4v) is 2.57. The number of hydrogen-bond acceptors (Lipinski definition) is 2. The molecular weight excluding hydrogens is 272 g/mol. The molecule has 2 aromatic carbocycles. The lowest BCUT2D eigenvalue weighted by Crippen LogP contribution is -1.88. The van der Waals surface area contributed by atoms with E-state index >= 15 is 0 Å². The number of benzene rings is 2. The lowest BCUT2D eigenvalue weighted by molar-refractivity contribution is 0.470. The lowest BCUT2D eigenvalue weighted by atomic mass is 9.99. The summed E-state index contributed by atoms with van der Waals surface area (Å²) in [5.41, 5.74) is 3.53. The number of allylic oxidation sites excluding steroid dienone is 4. The third kappa shape index (κ3) is 3.91. The van der Waals surface area contributed by atoms with E-state index in [2.05, 4.69) is 32.9 Å². The van der Waals surface area contributed by atoms with Crippen LogP contribution in [-0.4, -0.2) is 10.2 Å². The first-order chi connectivity index (χ1) is 10.5. The summed E-state index contributed by atoms with van der Waals surface area (Å²) in [7, 11) is 0. The van der Waals surface area contributed by atoms with Gasteiger partial charge in [0, 0.05) is 10.9 Å². The number of phenols is 2. The average Bonchev–Trinajstić information content (AvgIpc) is 2.46. The Bertz CT molecular complexity index is 720. The second kappa shape index (κ2) is 7.17. The molecule has 0 aliphatic heterocycles. The maximum atomic E-state index is 10.1. The van der Waals surface area contributed by atoms with Crippen LogP contribution >= 0.6 is 0 Å². The quantitative estimate of drug-likeness (QED) is 0.717. The lowest BCUT2D eigenvalue weighted by Gasteiger charge is -2.09. The van der Waals surface area contributed by atoms with Crippen molar-refractivity contribution in [3.8, 4) is 11.5 Å². The molecular formula is C20H24O2. The van der Waals surface area contributed by atoms with Crippen LogP contribution in [0.4, 0.5) is 0 Å². The molecule has 22 heavy (non-hydrogen) atoms. The van der Waals surface area contributed by atoms with Crippen LogP contribution in [0.25, 0.3) is 10.8 Å². The van der Waals surface area contributed by atoms with E-state index in [-0.39, 0.29) is 11.5 Å². The van der Waals surface area contributed by atoms with Gasteiger partial charge in [-0.2, -0.15) is 0 Å². The van der Waals surface area contributed by atoms with Crippen molar-refractivity contribution in [1.82, 2.24) is 0 Å². The molecule has 2 N–H and O–H groups in total. The Hall–Kier alpha value is -2.22. The second-order valence-electron chi connectivity index (χ2n) is 6.01. The van der Waals surface area contributed by atoms with Crippen LogP contribution in [0.15, 0.2) is 53.6 Å². The van der Waals surface area contributed by atoms with Crippen LogP contribution in [-0.2, 0) is 6.42 Å². The van der Waals surface area contributed by atoms with Gasteiger partial charge >= 0.3 is 0 Å².